The molecule has 328 valence electrons. The van der Waals surface area contributed by atoms with Crippen molar-refractivity contribution in [1.29, 1.82) is 0 Å². The number of fused-ring (bicyclic) bond motifs is 3. The van der Waals surface area contributed by atoms with Crippen LogP contribution in [0.2, 0.25) is 0 Å². The molecular weight excluding hydrogens is 794 g/mol. The minimum absolute atomic E-state index is 0.00103. The first-order valence-electron chi connectivity index (χ1n) is 21.5. The van der Waals surface area contributed by atoms with Crippen LogP contribution in [0.4, 0.5) is 10.3 Å². The SMILES string of the molecule is COc1ccc2c(O[C@@H]3C[C@H]4C(=O)C[C@]5(C(=O)NS(=O)(=O)C6(CF)CC6)C[C@H]5/C=C\CC[C@H](C)C[C@@H](C)[C@H](CC(=O)OC(C)(C)C)C(=O)N4C3)nc(N3CCCC3)nc2c1. The first-order valence-corrected chi connectivity index (χ1v) is 23.0. The van der Waals surface area contributed by atoms with Gasteiger partial charge in [0.1, 0.15) is 28.9 Å². The summed E-state index contributed by atoms with van der Waals surface area (Å²) in [5.41, 5.74) is -1.57. The number of hydrogen-bond acceptors (Lipinski definition) is 12. The number of ketones is 1. The molecule has 7 atom stereocenters. The fourth-order valence-corrected chi connectivity index (χ4v) is 10.8. The molecule has 60 heavy (non-hydrogen) atoms. The van der Waals surface area contributed by atoms with Crippen LogP contribution >= 0.6 is 0 Å². The number of halogens is 1. The molecule has 2 aliphatic carbocycles. The first kappa shape index (κ1) is 43.7. The minimum Gasteiger partial charge on any atom is -0.497 e. The number of aromatic nitrogens is 2. The summed E-state index contributed by atoms with van der Waals surface area (Å²) in [4.78, 5) is 70.6. The third kappa shape index (κ3) is 9.13. The number of alkyl halides is 1. The van der Waals surface area contributed by atoms with E-state index in [0.717, 1.165) is 32.4 Å². The Morgan fingerprint density at radius 3 is 2.47 bits per heavy atom. The van der Waals surface area contributed by atoms with Gasteiger partial charge in [-0.25, -0.2) is 17.8 Å². The number of nitrogens with zero attached hydrogens (tertiary/aromatic N) is 4. The lowest BCUT2D eigenvalue weighted by Gasteiger charge is -2.32. The summed E-state index contributed by atoms with van der Waals surface area (Å²) in [5, 5.41) is 0.623. The lowest BCUT2D eigenvalue weighted by atomic mass is 9.82. The quantitative estimate of drug-likeness (QED) is 0.223. The van der Waals surface area contributed by atoms with Crippen molar-refractivity contribution in [2.24, 2.45) is 29.1 Å². The lowest BCUT2D eigenvalue weighted by Crippen LogP contribution is -2.48. The maximum atomic E-state index is 15.0. The van der Waals surface area contributed by atoms with Crippen LogP contribution in [0.1, 0.15) is 105 Å². The van der Waals surface area contributed by atoms with E-state index < -0.39 is 74.1 Å². The average Bonchev–Trinajstić information content (AvgIpc) is 4.00. The van der Waals surface area contributed by atoms with Crippen LogP contribution in [0.25, 0.3) is 10.9 Å². The summed E-state index contributed by atoms with van der Waals surface area (Å²) >= 11 is 0. The zero-order valence-corrected chi connectivity index (χ0v) is 36.5. The number of carbonyl (C=O) groups is 4. The fourth-order valence-electron chi connectivity index (χ4n) is 9.30. The normalized spacial score (nSPS) is 30.1. The highest BCUT2D eigenvalue weighted by atomic mass is 32.2. The van der Waals surface area contributed by atoms with Crippen molar-refractivity contribution in [3.05, 3.63) is 30.4 Å². The number of benzene rings is 1. The summed E-state index contributed by atoms with van der Waals surface area (Å²) in [6, 6.07) is 4.35. The average molecular weight is 854 g/mol. The van der Waals surface area contributed by atoms with E-state index in [1.807, 2.05) is 31.2 Å². The monoisotopic (exact) mass is 853 g/mol. The van der Waals surface area contributed by atoms with E-state index in [1.165, 1.54) is 4.90 Å². The molecular formula is C44H60FN5O9S. The largest absolute Gasteiger partial charge is 0.497 e. The highest BCUT2D eigenvalue weighted by Gasteiger charge is 2.63. The van der Waals surface area contributed by atoms with E-state index in [4.69, 9.17) is 24.2 Å². The molecule has 1 aromatic carbocycles. The van der Waals surface area contributed by atoms with Crippen molar-refractivity contribution in [2.45, 2.75) is 128 Å². The van der Waals surface area contributed by atoms with Gasteiger partial charge in [-0.2, -0.15) is 4.98 Å². The number of sulfonamides is 1. The van der Waals surface area contributed by atoms with Crippen LogP contribution in [0.15, 0.2) is 30.4 Å². The second kappa shape index (κ2) is 16.8. The van der Waals surface area contributed by atoms with E-state index in [1.54, 1.807) is 33.9 Å². The number of ether oxygens (including phenoxy) is 3. The smallest absolute Gasteiger partial charge is 0.307 e. The van der Waals surface area contributed by atoms with Gasteiger partial charge in [0.2, 0.25) is 33.7 Å². The summed E-state index contributed by atoms with van der Waals surface area (Å²) < 4.78 is 59.0. The third-order valence-corrected chi connectivity index (χ3v) is 15.3. The molecule has 1 aromatic heterocycles. The predicted molar refractivity (Wildman–Crippen MR) is 223 cm³/mol. The Hall–Kier alpha value is -4.34. The second-order valence-electron chi connectivity index (χ2n) is 19.0. The highest BCUT2D eigenvalue weighted by molar-refractivity contribution is 7.91. The van der Waals surface area contributed by atoms with Crippen molar-refractivity contribution in [2.75, 3.05) is 38.3 Å². The van der Waals surface area contributed by atoms with Crippen LogP contribution in [0.5, 0.6) is 11.6 Å². The number of hydrogen-bond donors (Lipinski definition) is 1. The Morgan fingerprint density at radius 1 is 1.07 bits per heavy atom. The first-order chi connectivity index (χ1) is 28.4. The van der Waals surface area contributed by atoms with Gasteiger partial charge >= 0.3 is 5.97 Å². The number of rotatable bonds is 10. The number of methoxy groups -OCH3 is 1. The van der Waals surface area contributed by atoms with Crippen molar-refractivity contribution in [1.82, 2.24) is 19.6 Å². The number of anilines is 1. The van der Waals surface area contributed by atoms with Gasteiger partial charge in [0.25, 0.3) is 0 Å². The fraction of sp³-hybridized carbons (Fsp3) is 0.682. The summed E-state index contributed by atoms with van der Waals surface area (Å²) in [5.74, 6) is -2.11. The molecule has 5 aliphatic rings. The number of Topliss-reactive ketones (excluding diaryl/α,β-unsaturated/α-hetero) is 1. The van der Waals surface area contributed by atoms with Crippen LogP contribution in [0, 0.1) is 29.1 Å². The van der Waals surface area contributed by atoms with Gasteiger partial charge in [-0.15, -0.1) is 0 Å². The third-order valence-electron chi connectivity index (χ3n) is 13.1. The number of esters is 1. The van der Waals surface area contributed by atoms with Crippen molar-refractivity contribution < 1.29 is 46.2 Å². The molecule has 4 fully saturated rings. The van der Waals surface area contributed by atoms with E-state index in [9.17, 15) is 27.2 Å². The standard InChI is InChI=1S/C44H60FN5O9S/c1-27-11-7-8-12-29-23-44(29,40(54)48-60(55,56)43(26-45)15-16-43)24-36(51)35-21-31(25-50(35)39(53)33(28(2)19-27)22-37(52)59-42(3,4)5)58-38-32-14-13-30(57-6)20-34(32)46-41(47-38)49-17-9-10-18-49/h8,12-14,20,27-29,31,33,35H,7,9-11,15-19,21-26H2,1-6H3,(H,48,54)/b12-8-/t27-,28+,29+,31+,33-,35-,44+/m0/s1. The molecule has 2 saturated heterocycles. The lowest BCUT2D eigenvalue weighted by molar-refractivity contribution is -0.160. The number of allylic oxidation sites excluding steroid dienone is 2. The van der Waals surface area contributed by atoms with Crippen LogP contribution < -0.4 is 19.1 Å². The van der Waals surface area contributed by atoms with Crippen LogP contribution in [-0.4, -0.2) is 103 Å². The molecule has 4 heterocycles. The molecule has 2 aromatic rings. The van der Waals surface area contributed by atoms with Crippen molar-refractivity contribution in [3.63, 3.8) is 0 Å². The topological polar surface area (TPSA) is 174 Å². The Bertz CT molecular complexity index is 2130. The van der Waals surface area contributed by atoms with E-state index in [0.29, 0.717) is 41.3 Å². The summed E-state index contributed by atoms with van der Waals surface area (Å²) in [6.45, 7) is 9.82. The van der Waals surface area contributed by atoms with Gasteiger partial charge in [0.05, 0.1) is 48.4 Å². The molecule has 1 N–H and O–H groups in total. The van der Waals surface area contributed by atoms with Crippen LogP contribution in [0.3, 0.4) is 0 Å². The van der Waals surface area contributed by atoms with Gasteiger partial charge in [0.15, 0.2) is 5.78 Å². The Morgan fingerprint density at radius 2 is 1.80 bits per heavy atom. The van der Waals surface area contributed by atoms with Gasteiger partial charge in [-0.3, -0.25) is 23.9 Å². The van der Waals surface area contributed by atoms with E-state index in [-0.39, 0.29) is 62.8 Å². The van der Waals surface area contributed by atoms with Gasteiger partial charge in [0, 0.05) is 32.0 Å². The van der Waals surface area contributed by atoms with Crippen molar-refractivity contribution in [3.8, 4) is 11.6 Å². The van der Waals surface area contributed by atoms with Crippen LogP contribution in [-0.2, 0) is 33.9 Å². The molecule has 2 amide bonds. The predicted octanol–water partition coefficient (Wildman–Crippen LogP) is 5.86. The molecule has 2 saturated carbocycles. The summed E-state index contributed by atoms with van der Waals surface area (Å²) in [6.07, 6.45) is 7.19. The van der Waals surface area contributed by atoms with E-state index >= 15 is 4.79 Å². The number of carbonyl (C=O) groups excluding carboxylic acids is 4. The molecule has 0 spiro atoms. The molecule has 16 heteroatoms. The highest BCUT2D eigenvalue weighted by Crippen LogP contribution is 2.58. The van der Waals surface area contributed by atoms with Gasteiger partial charge in [-0.1, -0.05) is 26.0 Å². The number of amides is 2. The zero-order valence-electron chi connectivity index (χ0n) is 35.7. The number of nitrogens with one attached hydrogen (secondary N) is 1. The van der Waals surface area contributed by atoms with Gasteiger partial charge < -0.3 is 24.0 Å². The molecule has 7 rings (SSSR count). The zero-order chi connectivity index (χ0) is 43.2. The minimum atomic E-state index is -4.35. The Balaban J connectivity index is 1.24. The Kier molecular flexibility index (Phi) is 12.3. The van der Waals surface area contributed by atoms with Gasteiger partial charge in [-0.05, 0) is 102 Å². The maximum Gasteiger partial charge on any atom is 0.307 e. The molecule has 0 radical (unpaired) electrons. The maximum absolute atomic E-state index is 15.0. The Labute approximate surface area is 352 Å². The molecule has 0 bridgehead atoms. The second-order valence-corrected chi connectivity index (χ2v) is 21.0. The summed E-state index contributed by atoms with van der Waals surface area (Å²) in [7, 11) is -2.78. The molecule has 3 aliphatic heterocycles. The molecule has 14 nitrogen and oxygen atoms in total. The van der Waals surface area contributed by atoms with E-state index in [2.05, 4.69) is 16.5 Å². The molecule has 0 unspecified atom stereocenters. The van der Waals surface area contributed by atoms with Crippen molar-refractivity contribution >= 4 is 50.4 Å².